The molecule has 204 valence electrons. The lowest BCUT2D eigenvalue weighted by Crippen LogP contribution is -2.32. The summed E-state index contributed by atoms with van der Waals surface area (Å²) < 4.78 is 4.34. The second-order valence-electron chi connectivity index (χ2n) is 9.06. The summed E-state index contributed by atoms with van der Waals surface area (Å²) in [6.45, 7) is 7.59. The van der Waals surface area contributed by atoms with Crippen LogP contribution in [-0.2, 0) is 13.1 Å². The first-order valence-electron chi connectivity index (χ1n) is 13.8. The Morgan fingerprint density at radius 3 is 2.22 bits per heavy atom. The second kappa shape index (κ2) is 19.3. The third-order valence-corrected chi connectivity index (χ3v) is 6.01. The van der Waals surface area contributed by atoms with Crippen LogP contribution < -0.4 is 20.5 Å². The zero-order chi connectivity index (χ0) is 26.6. The van der Waals surface area contributed by atoms with E-state index in [2.05, 4.69) is 58.0 Å². The standard InChI is InChI=1S/2C11H16N4.C6H15N/c1-12-6-2-3-8-15-9-14-11-10(15)5-4-7-13-11;1-12-6-2-3-8-15-9-14-10-5-4-7-13-11(10)15;1-3-4-5-6-7-2/h2*4-5,7,9,12H,2-3,6,8H2,1H3;7H,3-6H2,1-2H3/p+1. The third kappa shape index (κ3) is 11.4. The van der Waals surface area contributed by atoms with E-state index in [4.69, 9.17) is 0 Å². The zero-order valence-electron chi connectivity index (χ0n) is 23.3. The maximum Gasteiger partial charge on any atom is 0.301 e. The van der Waals surface area contributed by atoms with Gasteiger partial charge in [-0.2, -0.15) is 0 Å². The molecule has 0 saturated heterocycles. The number of imidazole rings is 2. The monoisotopic (exact) mass is 510 g/mol. The summed E-state index contributed by atoms with van der Waals surface area (Å²) in [5.74, 6) is 0. The van der Waals surface area contributed by atoms with E-state index in [0.717, 1.165) is 48.5 Å². The van der Waals surface area contributed by atoms with Crippen LogP contribution in [0.25, 0.3) is 22.3 Å². The Balaban J connectivity index is 0.000000210. The normalized spacial score (nSPS) is 10.7. The average molecular weight is 511 g/mol. The Labute approximate surface area is 222 Å². The molecule has 0 aliphatic rings. The molecule has 4 N–H and O–H groups in total. The molecule has 0 aliphatic heterocycles. The first kappa shape index (κ1) is 30.3. The minimum atomic E-state index is 0.839. The molecule has 9 nitrogen and oxygen atoms in total. The fraction of sp³-hybridized carbons (Fsp3) is 0.571. The number of hydrogen-bond acceptors (Lipinski definition) is 6. The minimum absolute atomic E-state index is 0.839. The number of aromatic nitrogens is 6. The van der Waals surface area contributed by atoms with E-state index in [-0.39, 0.29) is 0 Å². The summed E-state index contributed by atoms with van der Waals surface area (Å²) in [4.78, 5) is 16.0. The van der Waals surface area contributed by atoms with Crippen molar-refractivity contribution in [3.8, 4) is 0 Å². The van der Waals surface area contributed by atoms with Gasteiger partial charge in [0.2, 0.25) is 0 Å². The Bertz CT molecular complexity index is 1000. The van der Waals surface area contributed by atoms with E-state index in [1.54, 1.807) is 6.20 Å². The quantitative estimate of drug-likeness (QED) is 0.153. The lowest BCUT2D eigenvalue weighted by Gasteiger charge is -2.03. The molecule has 37 heavy (non-hydrogen) atoms. The highest BCUT2D eigenvalue weighted by molar-refractivity contribution is 5.70. The highest BCUT2D eigenvalue weighted by Gasteiger charge is 2.08. The van der Waals surface area contributed by atoms with Crippen LogP contribution in [-0.4, -0.2) is 65.3 Å². The number of unbranched alkanes of at least 4 members (excludes halogenated alkanes) is 4. The van der Waals surface area contributed by atoms with Gasteiger partial charge < -0.3 is 20.5 Å². The van der Waals surface area contributed by atoms with Crippen molar-refractivity contribution in [3.05, 3.63) is 49.3 Å². The van der Waals surface area contributed by atoms with Crippen molar-refractivity contribution in [2.75, 3.05) is 40.8 Å². The van der Waals surface area contributed by atoms with E-state index in [9.17, 15) is 0 Å². The molecule has 4 rings (SSSR count). The van der Waals surface area contributed by atoms with Gasteiger partial charge in [-0.05, 0) is 97.1 Å². The summed E-state index contributed by atoms with van der Waals surface area (Å²) in [7, 11) is 5.96. The van der Waals surface area contributed by atoms with Gasteiger partial charge in [0.05, 0.1) is 18.4 Å². The minimum Gasteiger partial charge on any atom is -0.329 e. The Hall–Kier alpha value is -2.88. The van der Waals surface area contributed by atoms with Crippen molar-refractivity contribution in [1.82, 2.24) is 40.5 Å². The number of fused-ring (bicyclic) bond motifs is 2. The largest absolute Gasteiger partial charge is 0.329 e. The number of rotatable bonds is 14. The smallest absolute Gasteiger partial charge is 0.301 e. The van der Waals surface area contributed by atoms with Crippen molar-refractivity contribution in [2.45, 2.75) is 65.0 Å². The highest BCUT2D eigenvalue weighted by Crippen LogP contribution is 2.09. The van der Waals surface area contributed by atoms with Gasteiger partial charge in [0.1, 0.15) is 6.20 Å². The van der Waals surface area contributed by atoms with E-state index < -0.39 is 0 Å². The molecule has 0 radical (unpaired) electrons. The Kier molecular flexibility index (Phi) is 15.8. The van der Waals surface area contributed by atoms with Crippen LogP contribution in [0.1, 0.15) is 51.9 Å². The molecular formula is C28H48N9+. The summed E-state index contributed by atoms with van der Waals surface area (Å²) >= 11 is 0. The van der Waals surface area contributed by atoms with Gasteiger partial charge in [0, 0.05) is 12.7 Å². The van der Waals surface area contributed by atoms with E-state index in [1.165, 1.54) is 51.5 Å². The summed E-state index contributed by atoms with van der Waals surface area (Å²) in [6, 6.07) is 8.01. The van der Waals surface area contributed by atoms with Crippen LogP contribution in [0.2, 0.25) is 0 Å². The molecule has 0 bridgehead atoms. The molecule has 4 aromatic heterocycles. The van der Waals surface area contributed by atoms with Gasteiger partial charge >= 0.3 is 5.65 Å². The molecule has 0 saturated carbocycles. The van der Waals surface area contributed by atoms with Gasteiger partial charge in [-0.25, -0.2) is 14.5 Å². The van der Waals surface area contributed by atoms with Crippen LogP contribution in [0.15, 0.2) is 49.3 Å². The number of hydrogen-bond donors (Lipinski definition) is 4. The van der Waals surface area contributed by atoms with Gasteiger partial charge in [0.25, 0.3) is 0 Å². The summed E-state index contributed by atoms with van der Waals surface area (Å²) in [5, 5.41) is 9.40. The number of nitrogens with zero attached hydrogens (tertiary/aromatic N) is 5. The zero-order valence-corrected chi connectivity index (χ0v) is 23.3. The highest BCUT2D eigenvalue weighted by atomic mass is 15.1. The van der Waals surface area contributed by atoms with Crippen LogP contribution in [0.4, 0.5) is 0 Å². The molecule has 0 amide bonds. The first-order valence-corrected chi connectivity index (χ1v) is 13.8. The van der Waals surface area contributed by atoms with Gasteiger partial charge in [-0.3, -0.25) is 4.98 Å². The molecule has 0 unspecified atom stereocenters. The van der Waals surface area contributed by atoms with Crippen LogP contribution >= 0.6 is 0 Å². The average Bonchev–Trinajstić information content (AvgIpc) is 3.54. The number of aromatic amines is 1. The fourth-order valence-corrected chi connectivity index (χ4v) is 3.91. The van der Waals surface area contributed by atoms with Crippen LogP contribution in [0, 0.1) is 0 Å². The van der Waals surface area contributed by atoms with Crippen molar-refractivity contribution in [3.63, 3.8) is 0 Å². The van der Waals surface area contributed by atoms with E-state index in [0.29, 0.717) is 0 Å². The topological polar surface area (TPSA) is 99.4 Å². The van der Waals surface area contributed by atoms with Crippen LogP contribution in [0.3, 0.4) is 0 Å². The van der Waals surface area contributed by atoms with Crippen molar-refractivity contribution in [1.29, 1.82) is 0 Å². The second-order valence-corrected chi connectivity index (χ2v) is 9.06. The van der Waals surface area contributed by atoms with Crippen molar-refractivity contribution in [2.24, 2.45) is 0 Å². The molecular weight excluding hydrogens is 462 g/mol. The molecule has 4 aromatic rings. The molecule has 9 heteroatoms. The molecule has 0 aliphatic carbocycles. The van der Waals surface area contributed by atoms with Gasteiger partial charge in [-0.1, -0.05) is 19.8 Å². The van der Waals surface area contributed by atoms with Gasteiger partial charge in [-0.15, -0.1) is 4.98 Å². The fourth-order valence-electron chi connectivity index (χ4n) is 3.91. The Morgan fingerprint density at radius 2 is 1.49 bits per heavy atom. The van der Waals surface area contributed by atoms with E-state index in [1.807, 2.05) is 58.2 Å². The maximum atomic E-state index is 4.36. The van der Waals surface area contributed by atoms with Gasteiger partial charge in [0.15, 0.2) is 17.5 Å². The molecule has 0 spiro atoms. The first-order chi connectivity index (χ1) is 18.2. The summed E-state index contributed by atoms with van der Waals surface area (Å²) in [6.07, 6.45) is 16.2. The molecule has 0 fully saturated rings. The predicted molar refractivity (Wildman–Crippen MR) is 154 cm³/mol. The number of pyridine rings is 2. The number of nitrogens with one attached hydrogen (secondary N) is 4. The number of H-pyrrole nitrogens is 1. The Morgan fingerprint density at radius 1 is 0.811 bits per heavy atom. The third-order valence-electron chi connectivity index (χ3n) is 6.01. The SMILES string of the molecule is CCCCCNC.CNCCCC[n+]1c[nH]c2cccnc21.CNCCCCn1cnc2ncccc21. The lowest BCUT2D eigenvalue weighted by atomic mass is 10.2. The van der Waals surface area contributed by atoms with Crippen molar-refractivity contribution < 1.29 is 4.57 Å². The molecule has 4 heterocycles. The van der Waals surface area contributed by atoms with E-state index >= 15 is 0 Å². The maximum absolute atomic E-state index is 4.36. The van der Waals surface area contributed by atoms with Crippen molar-refractivity contribution >= 4 is 22.3 Å². The predicted octanol–water partition coefficient (Wildman–Crippen LogP) is 3.68. The molecule has 0 aromatic carbocycles. The summed E-state index contributed by atoms with van der Waals surface area (Å²) in [5.41, 5.74) is 4.11. The molecule has 0 atom stereocenters. The lowest BCUT2D eigenvalue weighted by molar-refractivity contribution is -0.673. The number of aryl methyl sites for hydroxylation is 2. The van der Waals surface area contributed by atoms with Crippen LogP contribution in [0.5, 0.6) is 0 Å².